The van der Waals surface area contributed by atoms with Crippen molar-refractivity contribution < 1.29 is 5.21 Å². The van der Waals surface area contributed by atoms with Gasteiger partial charge >= 0.3 is 0 Å². The Kier molecular flexibility index (Phi) is 4.98. The summed E-state index contributed by atoms with van der Waals surface area (Å²) in [7, 11) is 0. The topological polar surface area (TPSA) is 44.6 Å². The Balaban J connectivity index is 1.81. The maximum atomic E-state index is 9.80. The third-order valence-electron chi connectivity index (χ3n) is 5.55. The minimum absolute atomic E-state index is 0.134. The molecule has 3 nitrogen and oxygen atoms in total. The van der Waals surface area contributed by atoms with E-state index in [-0.39, 0.29) is 23.9 Å². The molecule has 0 amide bonds. The van der Waals surface area contributed by atoms with Gasteiger partial charge in [0.05, 0.1) is 5.71 Å². The van der Waals surface area contributed by atoms with Gasteiger partial charge in [-0.25, -0.2) is 0 Å². The van der Waals surface area contributed by atoms with Crippen molar-refractivity contribution in [1.82, 2.24) is 5.32 Å². The first kappa shape index (κ1) is 17.3. The average molecular weight is 464 g/mol. The molecule has 5 heteroatoms. The van der Waals surface area contributed by atoms with E-state index in [1.165, 1.54) is 11.1 Å². The van der Waals surface area contributed by atoms with Crippen LogP contribution in [0.3, 0.4) is 0 Å². The van der Waals surface area contributed by atoms with Crippen LogP contribution >= 0.6 is 31.9 Å². The van der Waals surface area contributed by atoms with Gasteiger partial charge in [0.1, 0.15) is 0 Å². The molecule has 2 fully saturated rings. The quantitative estimate of drug-likeness (QED) is 0.433. The van der Waals surface area contributed by atoms with Gasteiger partial charge in [-0.1, -0.05) is 79.8 Å². The summed E-state index contributed by atoms with van der Waals surface area (Å²) < 4.78 is 2.19. The molecule has 1 saturated heterocycles. The van der Waals surface area contributed by atoms with E-state index < -0.39 is 0 Å². The highest BCUT2D eigenvalue weighted by Gasteiger charge is 2.46. The molecule has 1 saturated carbocycles. The van der Waals surface area contributed by atoms with Crippen LogP contribution in [-0.2, 0) is 0 Å². The Morgan fingerprint density at radius 1 is 0.840 bits per heavy atom. The monoisotopic (exact) mass is 462 g/mol. The zero-order chi connectivity index (χ0) is 17.4. The summed E-state index contributed by atoms with van der Waals surface area (Å²) >= 11 is 7.41. The van der Waals surface area contributed by atoms with Crippen LogP contribution in [0.15, 0.2) is 62.6 Å². The van der Waals surface area contributed by atoms with Gasteiger partial charge in [0.15, 0.2) is 0 Å². The summed E-state index contributed by atoms with van der Waals surface area (Å²) in [5, 5.41) is 17.5. The van der Waals surface area contributed by atoms with E-state index in [1.807, 2.05) is 12.1 Å². The molecule has 130 valence electrons. The molecule has 0 spiro atoms. The lowest BCUT2D eigenvalue weighted by atomic mass is 9.67. The van der Waals surface area contributed by atoms with Gasteiger partial charge in [-0.15, -0.1) is 0 Å². The molecule has 4 atom stereocenters. The number of nitrogens with zero attached hydrogens (tertiary/aromatic N) is 1. The molecule has 2 aliphatic rings. The molecule has 2 aromatic rings. The summed E-state index contributed by atoms with van der Waals surface area (Å²) in [6, 6.07) is 16.9. The maximum Gasteiger partial charge on any atom is 0.0670 e. The number of piperidine rings is 1. The lowest BCUT2D eigenvalue weighted by Crippen LogP contribution is -2.50. The number of hydrogen-bond acceptors (Lipinski definition) is 3. The van der Waals surface area contributed by atoms with Gasteiger partial charge < -0.3 is 10.5 Å². The van der Waals surface area contributed by atoms with Crippen molar-refractivity contribution in [2.45, 2.75) is 31.3 Å². The van der Waals surface area contributed by atoms with Crippen LogP contribution in [0, 0.1) is 11.8 Å². The predicted molar refractivity (Wildman–Crippen MR) is 107 cm³/mol. The number of fused-ring (bicyclic) bond motifs is 2. The normalized spacial score (nSPS) is 28.6. The van der Waals surface area contributed by atoms with Gasteiger partial charge in [-0.2, -0.15) is 0 Å². The average Bonchev–Trinajstić information content (AvgIpc) is 2.63. The minimum atomic E-state index is 0.134. The third-order valence-corrected chi connectivity index (χ3v) is 6.99. The molecule has 4 rings (SSSR count). The fourth-order valence-corrected chi connectivity index (χ4v) is 5.51. The Morgan fingerprint density at radius 2 is 1.32 bits per heavy atom. The molecule has 0 aromatic heterocycles. The van der Waals surface area contributed by atoms with E-state index >= 15 is 0 Å². The van der Waals surface area contributed by atoms with E-state index in [0.717, 1.165) is 33.9 Å². The fraction of sp³-hybridized carbons (Fsp3) is 0.350. The Labute approximate surface area is 164 Å². The Morgan fingerprint density at radius 3 is 1.76 bits per heavy atom. The SMILES string of the molecule is ON=C1C2CCCC1C(c1ccccc1Br)NC2c1ccccc1Br. The van der Waals surface area contributed by atoms with Crippen LogP contribution in [0.4, 0.5) is 0 Å². The van der Waals surface area contributed by atoms with E-state index in [0.29, 0.717) is 0 Å². The first-order chi connectivity index (χ1) is 12.2. The van der Waals surface area contributed by atoms with Crippen LogP contribution < -0.4 is 5.32 Å². The molecule has 2 N–H and O–H groups in total. The van der Waals surface area contributed by atoms with Crippen molar-refractivity contribution >= 4 is 37.6 Å². The van der Waals surface area contributed by atoms with E-state index in [9.17, 15) is 5.21 Å². The van der Waals surface area contributed by atoms with Crippen LogP contribution in [-0.4, -0.2) is 10.9 Å². The van der Waals surface area contributed by atoms with Crippen molar-refractivity contribution in [2.24, 2.45) is 17.0 Å². The second-order valence-electron chi connectivity index (χ2n) is 6.83. The Bertz CT molecular complexity index is 746. The van der Waals surface area contributed by atoms with E-state index in [1.54, 1.807) is 0 Å². The molecule has 2 bridgehead atoms. The van der Waals surface area contributed by atoms with E-state index in [2.05, 4.69) is 78.7 Å². The second kappa shape index (κ2) is 7.22. The molecule has 1 aliphatic heterocycles. The van der Waals surface area contributed by atoms with Gasteiger partial charge in [0.25, 0.3) is 0 Å². The molecular weight excluding hydrogens is 444 g/mol. The standard InChI is InChI=1S/C20H20Br2N2O/c21-16-10-3-1-6-12(16)18-14-8-5-9-15(20(14)24-25)19(23-18)13-7-2-4-11-17(13)22/h1-4,6-7,10-11,14-15,18-19,23,25H,5,8-9H2. The van der Waals surface area contributed by atoms with Gasteiger partial charge in [-0.3, -0.25) is 0 Å². The van der Waals surface area contributed by atoms with Crippen molar-refractivity contribution in [3.8, 4) is 0 Å². The summed E-state index contributed by atoms with van der Waals surface area (Å²) in [5.74, 6) is 0.474. The number of nitrogens with one attached hydrogen (secondary N) is 1. The molecular formula is C20H20Br2N2O. The third kappa shape index (κ3) is 3.07. The number of rotatable bonds is 2. The lowest BCUT2D eigenvalue weighted by Gasteiger charge is -2.47. The fourth-order valence-electron chi connectivity index (χ4n) is 4.45. The van der Waals surface area contributed by atoms with Gasteiger partial charge in [0, 0.05) is 32.9 Å². The van der Waals surface area contributed by atoms with Crippen LogP contribution in [0.1, 0.15) is 42.5 Å². The molecule has 2 aromatic carbocycles. The van der Waals surface area contributed by atoms with Crippen LogP contribution in [0.2, 0.25) is 0 Å². The highest BCUT2D eigenvalue weighted by molar-refractivity contribution is 9.10. The number of oxime groups is 1. The first-order valence-electron chi connectivity index (χ1n) is 8.67. The van der Waals surface area contributed by atoms with Crippen LogP contribution in [0.25, 0.3) is 0 Å². The molecule has 1 heterocycles. The summed E-state index contributed by atoms with van der Waals surface area (Å²) in [4.78, 5) is 0. The van der Waals surface area contributed by atoms with Crippen molar-refractivity contribution in [2.75, 3.05) is 0 Å². The predicted octanol–water partition coefficient (Wildman–Crippen LogP) is 5.84. The van der Waals surface area contributed by atoms with Crippen molar-refractivity contribution in [3.05, 3.63) is 68.6 Å². The largest absolute Gasteiger partial charge is 0.411 e. The lowest BCUT2D eigenvalue weighted by molar-refractivity contribution is 0.214. The van der Waals surface area contributed by atoms with Crippen molar-refractivity contribution in [1.29, 1.82) is 0 Å². The Hall–Kier alpha value is -1.17. The van der Waals surface area contributed by atoms with Gasteiger partial charge in [0.2, 0.25) is 0 Å². The minimum Gasteiger partial charge on any atom is -0.411 e. The number of halogens is 2. The maximum absolute atomic E-state index is 9.80. The second-order valence-corrected chi connectivity index (χ2v) is 8.54. The molecule has 1 aliphatic carbocycles. The van der Waals surface area contributed by atoms with E-state index in [4.69, 9.17) is 0 Å². The number of hydrogen-bond donors (Lipinski definition) is 2. The molecule has 0 radical (unpaired) electrons. The summed E-state index contributed by atoms with van der Waals surface area (Å²) in [6.07, 6.45) is 3.27. The zero-order valence-electron chi connectivity index (χ0n) is 13.7. The zero-order valence-corrected chi connectivity index (χ0v) is 16.9. The number of benzene rings is 2. The smallest absolute Gasteiger partial charge is 0.0670 e. The highest BCUT2D eigenvalue weighted by atomic mass is 79.9. The first-order valence-corrected chi connectivity index (χ1v) is 10.3. The molecule has 4 unspecified atom stereocenters. The summed E-state index contributed by atoms with van der Waals surface area (Å²) in [5.41, 5.74) is 3.41. The highest BCUT2D eigenvalue weighted by Crippen LogP contribution is 2.48. The van der Waals surface area contributed by atoms with Crippen LogP contribution in [0.5, 0.6) is 0 Å². The van der Waals surface area contributed by atoms with Crippen molar-refractivity contribution in [3.63, 3.8) is 0 Å². The summed E-state index contributed by atoms with van der Waals surface area (Å²) in [6.45, 7) is 0. The molecule has 25 heavy (non-hydrogen) atoms. The van der Waals surface area contributed by atoms with Gasteiger partial charge in [-0.05, 0) is 36.1 Å².